The molecule has 3 aliphatic carbocycles. The molecule has 2 N–H and O–H groups in total. The van der Waals surface area contributed by atoms with Crippen LogP contribution in [0.3, 0.4) is 0 Å². The van der Waals surface area contributed by atoms with E-state index in [9.17, 15) is 27.2 Å². The molecule has 0 radical (unpaired) electrons. The molecule has 2 heterocycles. The van der Waals surface area contributed by atoms with Crippen molar-refractivity contribution in [3.8, 4) is 0 Å². The molecule has 1 unspecified atom stereocenters. The van der Waals surface area contributed by atoms with E-state index in [1.54, 1.807) is 37.7 Å². The van der Waals surface area contributed by atoms with Crippen molar-refractivity contribution in [3.63, 3.8) is 0 Å². The normalized spacial score (nSPS) is 22.8. The van der Waals surface area contributed by atoms with E-state index < -0.39 is 29.6 Å². The maximum absolute atomic E-state index is 13.9. The summed E-state index contributed by atoms with van der Waals surface area (Å²) in [6, 6.07) is 0.871. The Morgan fingerprint density at radius 2 is 1.68 bits per heavy atom. The predicted octanol–water partition coefficient (Wildman–Crippen LogP) is 6.51. The Morgan fingerprint density at radius 3 is 2.27 bits per heavy atom. The average molecular weight is 582 g/mol. The zero-order valence-electron chi connectivity index (χ0n) is 23.8. The first-order chi connectivity index (χ1) is 19.2. The van der Waals surface area contributed by atoms with Crippen LogP contribution in [0.25, 0.3) is 5.65 Å². The summed E-state index contributed by atoms with van der Waals surface area (Å²) < 4.78 is 61.4. The summed E-state index contributed by atoms with van der Waals surface area (Å²) in [5, 5.41) is 10.4. The van der Waals surface area contributed by atoms with Crippen LogP contribution in [0, 0.1) is 17.8 Å². The number of rotatable bonds is 8. The Morgan fingerprint density at radius 1 is 1.02 bits per heavy atom. The van der Waals surface area contributed by atoms with E-state index in [2.05, 4.69) is 15.7 Å². The Kier molecular flexibility index (Phi) is 7.97. The molecule has 5 rings (SSSR count). The SMILES string of the molecule is CC(C)(C)OC(=O)NC(c1cn2ncc([C@H](NC(=O)CC3CC(F)(F)C3)C3CCC3)cc2n1)C1CCC(F)(F)CC1. The third-order valence-corrected chi connectivity index (χ3v) is 8.53. The average Bonchev–Trinajstić information content (AvgIpc) is 3.22. The largest absolute Gasteiger partial charge is 0.444 e. The molecular formula is C29H39F4N5O3. The van der Waals surface area contributed by atoms with Gasteiger partial charge in [-0.15, -0.1) is 0 Å². The number of halogens is 4. The van der Waals surface area contributed by atoms with Gasteiger partial charge < -0.3 is 15.4 Å². The molecule has 2 aromatic heterocycles. The zero-order valence-corrected chi connectivity index (χ0v) is 23.8. The van der Waals surface area contributed by atoms with E-state index >= 15 is 0 Å². The maximum atomic E-state index is 13.9. The number of amides is 2. The van der Waals surface area contributed by atoms with Crippen LogP contribution >= 0.6 is 0 Å². The Balaban J connectivity index is 1.36. The lowest BCUT2D eigenvalue weighted by atomic mass is 9.76. The van der Waals surface area contributed by atoms with Crippen LogP contribution in [0.5, 0.6) is 0 Å². The van der Waals surface area contributed by atoms with Crippen LogP contribution in [0.4, 0.5) is 22.4 Å². The van der Waals surface area contributed by atoms with Gasteiger partial charge in [0.2, 0.25) is 17.8 Å². The standard InChI is InChI=1S/C29H39F4N5O3/c1-27(2,3)41-26(40)37-25(19-7-9-28(30,31)10-8-19)21-16-38-22(35-21)12-20(15-34-38)24(18-5-4-6-18)36-23(39)11-17-13-29(32,33)14-17/h12,15-19,24-25H,4-11,13-14H2,1-3H3,(H,36,39)(H,37,40)/t24-,25?/m1/s1. The molecule has 41 heavy (non-hydrogen) atoms. The molecule has 3 aliphatic rings. The topological polar surface area (TPSA) is 97.6 Å². The number of aromatic nitrogens is 3. The predicted molar refractivity (Wildman–Crippen MR) is 143 cm³/mol. The van der Waals surface area contributed by atoms with Crippen LogP contribution in [0.1, 0.15) is 108 Å². The Hall–Kier alpha value is -2.92. The first-order valence-corrected chi connectivity index (χ1v) is 14.6. The molecule has 3 fully saturated rings. The van der Waals surface area contributed by atoms with E-state index in [1.807, 2.05) is 6.07 Å². The lowest BCUT2D eigenvalue weighted by molar-refractivity contribution is -0.134. The molecule has 2 aromatic rings. The monoisotopic (exact) mass is 581 g/mol. The molecular weight excluding hydrogens is 542 g/mol. The lowest BCUT2D eigenvalue weighted by Gasteiger charge is -2.37. The molecule has 0 aliphatic heterocycles. The number of nitrogens with zero attached hydrogens (tertiary/aromatic N) is 3. The van der Waals surface area contributed by atoms with Gasteiger partial charge in [0, 0.05) is 32.1 Å². The second-order valence-electron chi connectivity index (χ2n) is 13.1. The smallest absolute Gasteiger partial charge is 0.408 e. The summed E-state index contributed by atoms with van der Waals surface area (Å²) >= 11 is 0. The molecule has 2 atom stereocenters. The number of fused-ring (bicyclic) bond motifs is 1. The second kappa shape index (κ2) is 11.1. The first-order valence-electron chi connectivity index (χ1n) is 14.6. The van der Waals surface area contributed by atoms with Crippen LogP contribution in [-0.2, 0) is 9.53 Å². The fourth-order valence-electron chi connectivity index (χ4n) is 6.16. The van der Waals surface area contributed by atoms with Gasteiger partial charge in [0.1, 0.15) is 5.60 Å². The summed E-state index contributed by atoms with van der Waals surface area (Å²) in [6.07, 6.45) is 5.10. The van der Waals surface area contributed by atoms with Gasteiger partial charge in [0.25, 0.3) is 0 Å². The third kappa shape index (κ3) is 7.30. The number of carbonyl (C=O) groups excluding carboxylic acids is 2. The Labute approximate surface area is 237 Å². The molecule has 2 amide bonds. The van der Waals surface area contributed by atoms with Crippen molar-refractivity contribution in [2.75, 3.05) is 0 Å². The molecule has 3 saturated carbocycles. The molecule has 0 bridgehead atoms. The number of hydrogen-bond donors (Lipinski definition) is 2. The molecule has 0 saturated heterocycles. The van der Waals surface area contributed by atoms with Crippen LogP contribution in [-0.4, -0.2) is 44.0 Å². The van der Waals surface area contributed by atoms with Gasteiger partial charge in [-0.2, -0.15) is 5.10 Å². The molecule has 0 aromatic carbocycles. The van der Waals surface area contributed by atoms with E-state index in [1.165, 1.54) is 0 Å². The fourth-order valence-corrected chi connectivity index (χ4v) is 6.16. The van der Waals surface area contributed by atoms with Gasteiger partial charge in [-0.05, 0) is 75.8 Å². The molecule has 226 valence electrons. The third-order valence-electron chi connectivity index (χ3n) is 8.53. The Bertz CT molecular complexity index is 1250. The van der Waals surface area contributed by atoms with E-state index in [-0.39, 0.29) is 74.6 Å². The minimum Gasteiger partial charge on any atom is -0.444 e. The highest BCUT2D eigenvalue weighted by molar-refractivity contribution is 5.77. The van der Waals surface area contributed by atoms with E-state index in [0.717, 1.165) is 24.8 Å². The zero-order chi connectivity index (χ0) is 29.6. The van der Waals surface area contributed by atoms with Crippen molar-refractivity contribution in [2.45, 2.75) is 115 Å². The summed E-state index contributed by atoms with van der Waals surface area (Å²) in [5.74, 6) is -5.99. The highest BCUT2D eigenvalue weighted by Gasteiger charge is 2.46. The molecule has 0 spiro atoms. The number of ether oxygens (including phenoxy) is 1. The van der Waals surface area contributed by atoms with Crippen molar-refractivity contribution >= 4 is 17.6 Å². The number of imidazole rings is 1. The number of carbonyl (C=O) groups is 2. The van der Waals surface area contributed by atoms with Gasteiger partial charge in [-0.25, -0.2) is 31.9 Å². The number of alkyl carbamates (subject to hydrolysis) is 1. The van der Waals surface area contributed by atoms with Gasteiger partial charge in [-0.3, -0.25) is 4.79 Å². The van der Waals surface area contributed by atoms with Crippen molar-refractivity contribution < 1.29 is 31.9 Å². The minimum atomic E-state index is -2.72. The van der Waals surface area contributed by atoms with Gasteiger partial charge in [-0.1, -0.05) is 6.42 Å². The summed E-state index contributed by atoms with van der Waals surface area (Å²) in [7, 11) is 0. The number of hydrogen-bond acceptors (Lipinski definition) is 5. The number of alkyl halides is 4. The first kappa shape index (κ1) is 29.6. The lowest BCUT2D eigenvalue weighted by Crippen LogP contribution is -2.41. The van der Waals surface area contributed by atoms with E-state index in [0.29, 0.717) is 11.3 Å². The summed E-state index contributed by atoms with van der Waals surface area (Å²) in [6.45, 7) is 5.24. The van der Waals surface area contributed by atoms with Gasteiger partial charge in [0.15, 0.2) is 5.65 Å². The minimum absolute atomic E-state index is 0.0699. The summed E-state index contributed by atoms with van der Waals surface area (Å²) in [5.41, 5.74) is 1.02. The van der Waals surface area contributed by atoms with Crippen LogP contribution in [0.2, 0.25) is 0 Å². The highest BCUT2D eigenvalue weighted by Crippen LogP contribution is 2.45. The quantitative estimate of drug-likeness (QED) is 0.346. The van der Waals surface area contributed by atoms with Crippen molar-refractivity contribution in [2.24, 2.45) is 17.8 Å². The molecule has 12 heteroatoms. The van der Waals surface area contributed by atoms with Crippen molar-refractivity contribution in [1.29, 1.82) is 0 Å². The maximum Gasteiger partial charge on any atom is 0.408 e. The van der Waals surface area contributed by atoms with Crippen molar-refractivity contribution in [1.82, 2.24) is 25.2 Å². The van der Waals surface area contributed by atoms with Gasteiger partial charge >= 0.3 is 6.09 Å². The molecule has 8 nitrogen and oxygen atoms in total. The second-order valence-corrected chi connectivity index (χ2v) is 13.1. The number of nitrogens with one attached hydrogen (secondary N) is 2. The van der Waals surface area contributed by atoms with Crippen LogP contribution < -0.4 is 10.6 Å². The van der Waals surface area contributed by atoms with Crippen molar-refractivity contribution in [3.05, 3.63) is 29.7 Å². The highest BCUT2D eigenvalue weighted by atomic mass is 19.3. The van der Waals surface area contributed by atoms with E-state index in [4.69, 9.17) is 9.72 Å². The summed E-state index contributed by atoms with van der Waals surface area (Å²) in [4.78, 5) is 30.2. The van der Waals surface area contributed by atoms with Gasteiger partial charge in [0.05, 0.1) is 30.2 Å². The van der Waals surface area contributed by atoms with Crippen LogP contribution in [0.15, 0.2) is 18.5 Å². The fraction of sp³-hybridized carbons (Fsp3) is 0.724.